The van der Waals surface area contributed by atoms with E-state index in [1.165, 1.54) is 0 Å². The van der Waals surface area contributed by atoms with Crippen LogP contribution in [-0.2, 0) is 12.0 Å². The smallest absolute Gasteiger partial charge is 0.236 e. The van der Waals surface area contributed by atoms with Gasteiger partial charge in [0.15, 0.2) is 0 Å². The second kappa shape index (κ2) is 7.79. The number of nitrogens with zero attached hydrogens (tertiary/aromatic N) is 2. The maximum absolute atomic E-state index is 6.56. The maximum Gasteiger partial charge on any atom is 0.236 e. The third-order valence-corrected chi connectivity index (χ3v) is 4.86. The highest BCUT2D eigenvalue weighted by molar-refractivity contribution is 5.37. The first-order valence-electron chi connectivity index (χ1n) is 9.40. The largest absolute Gasteiger partial charge is 0.422 e. The summed E-state index contributed by atoms with van der Waals surface area (Å²) in [4.78, 5) is 0. The Kier molecular flexibility index (Phi) is 5.04. The molecule has 4 heteroatoms. The monoisotopic (exact) mass is 369 g/mol. The lowest BCUT2D eigenvalue weighted by Gasteiger charge is -2.20. The molecule has 4 rings (SSSR count). The Labute approximate surface area is 165 Å². The van der Waals surface area contributed by atoms with E-state index in [0.29, 0.717) is 18.2 Å². The highest BCUT2D eigenvalue weighted by Gasteiger charge is 2.31. The van der Waals surface area contributed by atoms with Gasteiger partial charge in [0.2, 0.25) is 11.8 Å². The van der Waals surface area contributed by atoms with Gasteiger partial charge in [-0.25, -0.2) is 0 Å². The van der Waals surface area contributed by atoms with Crippen LogP contribution >= 0.6 is 0 Å². The summed E-state index contributed by atoms with van der Waals surface area (Å²) in [5, 5.41) is 8.69. The molecule has 0 unspecified atom stereocenters. The molecule has 2 N–H and O–H groups in total. The SMILES string of the molecule is C[C@](N)(Cc1ccccc1)c1nnc(C(c2ccccc2)c2ccccc2)o1. The van der Waals surface area contributed by atoms with Crippen molar-refractivity contribution in [3.63, 3.8) is 0 Å². The van der Waals surface area contributed by atoms with E-state index in [1.807, 2.05) is 61.5 Å². The lowest BCUT2D eigenvalue weighted by atomic mass is 9.91. The molecular formula is C24H23N3O. The van der Waals surface area contributed by atoms with Crippen molar-refractivity contribution < 1.29 is 4.42 Å². The third-order valence-electron chi connectivity index (χ3n) is 4.86. The summed E-state index contributed by atoms with van der Waals surface area (Å²) in [6.07, 6.45) is 0.622. The van der Waals surface area contributed by atoms with E-state index < -0.39 is 5.54 Å². The molecule has 3 aromatic carbocycles. The number of hydrogen-bond donors (Lipinski definition) is 1. The van der Waals surface area contributed by atoms with Crippen LogP contribution in [0.15, 0.2) is 95.4 Å². The zero-order valence-electron chi connectivity index (χ0n) is 15.8. The Morgan fingerprint density at radius 1 is 0.786 bits per heavy atom. The summed E-state index contributed by atoms with van der Waals surface area (Å²) in [7, 11) is 0. The molecule has 0 radical (unpaired) electrons. The van der Waals surface area contributed by atoms with E-state index in [-0.39, 0.29) is 5.92 Å². The van der Waals surface area contributed by atoms with Crippen molar-refractivity contribution in [1.29, 1.82) is 0 Å². The Morgan fingerprint density at radius 3 is 1.82 bits per heavy atom. The van der Waals surface area contributed by atoms with Crippen LogP contribution in [0.1, 0.15) is 41.3 Å². The topological polar surface area (TPSA) is 64.9 Å². The molecule has 1 heterocycles. The number of benzene rings is 3. The molecule has 0 fully saturated rings. The standard InChI is InChI=1S/C24H23N3O/c1-24(25,17-18-11-5-2-6-12-18)23-27-26-22(28-23)21(19-13-7-3-8-14-19)20-15-9-4-10-16-20/h2-16,21H,17,25H2,1H3/t24-/m0/s1. The van der Waals surface area contributed by atoms with Gasteiger partial charge in [0.1, 0.15) is 0 Å². The van der Waals surface area contributed by atoms with E-state index >= 15 is 0 Å². The third kappa shape index (κ3) is 3.87. The van der Waals surface area contributed by atoms with Crippen LogP contribution in [0.25, 0.3) is 0 Å². The highest BCUT2D eigenvalue weighted by Crippen LogP contribution is 2.32. The van der Waals surface area contributed by atoms with Crippen molar-refractivity contribution in [2.45, 2.75) is 24.8 Å². The zero-order chi connectivity index (χ0) is 19.4. The van der Waals surface area contributed by atoms with Gasteiger partial charge >= 0.3 is 0 Å². The van der Waals surface area contributed by atoms with E-state index in [1.54, 1.807) is 0 Å². The summed E-state index contributed by atoms with van der Waals surface area (Å²) in [5.41, 5.74) is 9.16. The summed E-state index contributed by atoms with van der Waals surface area (Å²) < 4.78 is 6.14. The molecule has 1 aromatic heterocycles. The van der Waals surface area contributed by atoms with Gasteiger partial charge in [-0.1, -0.05) is 91.0 Å². The first-order chi connectivity index (χ1) is 13.6. The Morgan fingerprint density at radius 2 is 1.29 bits per heavy atom. The fourth-order valence-electron chi connectivity index (χ4n) is 3.45. The van der Waals surface area contributed by atoms with Crippen LogP contribution in [0, 0.1) is 0 Å². The van der Waals surface area contributed by atoms with Gasteiger partial charge in [-0.3, -0.25) is 0 Å². The van der Waals surface area contributed by atoms with Crippen LogP contribution in [0.4, 0.5) is 0 Å². The molecule has 0 aliphatic carbocycles. The predicted octanol–water partition coefficient (Wildman–Crippen LogP) is 4.67. The van der Waals surface area contributed by atoms with Crippen molar-refractivity contribution in [3.05, 3.63) is 119 Å². The zero-order valence-corrected chi connectivity index (χ0v) is 15.8. The Hall–Kier alpha value is -3.24. The Balaban J connectivity index is 1.69. The molecule has 0 aliphatic rings. The van der Waals surface area contributed by atoms with Gasteiger partial charge in [-0.05, 0) is 30.0 Å². The second-order valence-corrected chi connectivity index (χ2v) is 7.28. The molecule has 0 amide bonds. The van der Waals surface area contributed by atoms with Crippen LogP contribution in [-0.4, -0.2) is 10.2 Å². The van der Waals surface area contributed by atoms with Crippen molar-refractivity contribution in [1.82, 2.24) is 10.2 Å². The van der Waals surface area contributed by atoms with Gasteiger partial charge in [0.25, 0.3) is 0 Å². The minimum atomic E-state index is -0.746. The van der Waals surface area contributed by atoms with Crippen molar-refractivity contribution in [2.75, 3.05) is 0 Å². The van der Waals surface area contributed by atoms with E-state index in [2.05, 4.69) is 46.6 Å². The average molecular weight is 369 g/mol. The Bertz CT molecular complexity index is 972. The summed E-state index contributed by atoms with van der Waals surface area (Å²) in [6.45, 7) is 1.93. The molecular weight excluding hydrogens is 346 g/mol. The number of hydrogen-bond acceptors (Lipinski definition) is 4. The number of aromatic nitrogens is 2. The van der Waals surface area contributed by atoms with E-state index in [9.17, 15) is 0 Å². The van der Waals surface area contributed by atoms with Crippen LogP contribution in [0.3, 0.4) is 0 Å². The quantitative estimate of drug-likeness (QED) is 0.536. The van der Waals surface area contributed by atoms with Crippen molar-refractivity contribution in [3.8, 4) is 0 Å². The van der Waals surface area contributed by atoms with Crippen LogP contribution < -0.4 is 5.73 Å². The lowest BCUT2D eigenvalue weighted by molar-refractivity contribution is 0.335. The second-order valence-electron chi connectivity index (χ2n) is 7.28. The predicted molar refractivity (Wildman–Crippen MR) is 110 cm³/mol. The molecule has 28 heavy (non-hydrogen) atoms. The fourth-order valence-corrected chi connectivity index (χ4v) is 3.45. The van der Waals surface area contributed by atoms with Crippen molar-refractivity contribution >= 4 is 0 Å². The molecule has 4 aromatic rings. The molecule has 0 saturated heterocycles. The lowest BCUT2D eigenvalue weighted by Crippen LogP contribution is -2.35. The molecule has 0 aliphatic heterocycles. The minimum absolute atomic E-state index is 0.129. The van der Waals surface area contributed by atoms with Crippen LogP contribution in [0.2, 0.25) is 0 Å². The minimum Gasteiger partial charge on any atom is -0.422 e. The van der Waals surface area contributed by atoms with E-state index in [0.717, 1.165) is 16.7 Å². The van der Waals surface area contributed by atoms with Crippen molar-refractivity contribution in [2.24, 2.45) is 5.73 Å². The molecule has 1 atom stereocenters. The highest BCUT2D eigenvalue weighted by atomic mass is 16.4. The summed E-state index contributed by atoms with van der Waals surface area (Å²) >= 11 is 0. The molecule has 4 nitrogen and oxygen atoms in total. The first-order valence-corrected chi connectivity index (χ1v) is 9.40. The maximum atomic E-state index is 6.56. The van der Waals surface area contributed by atoms with E-state index in [4.69, 9.17) is 10.2 Å². The van der Waals surface area contributed by atoms with Gasteiger partial charge in [0, 0.05) is 0 Å². The number of rotatable bonds is 6. The molecule has 140 valence electrons. The summed E-state index contributed by atoms with van der Waals surface area (Å²) in [5.74, 6) is 0.872. The van der Waals surface area contributed by atoms with Crippen LogP contribution in [0.5, 0.6) is 0 Å². The molecule has 0 bridgehead atoms. The van der Waals surface area contributed by atoms with Gasteiger partial charge in [-0.2, -0.15) is 0 Å². The normalized spacial score (nSPS) is 13.4. The van der Waals surface area contributed by atoms with Gasteiger partial charge in [-0.15, -0.1) is 10.2 Å². The average Bonchev–Trinajstić information content (AvgIpc) is 3.21. The molecule has 0 spiro atoms. The summed E-state index contributed by atoms with van der Waals surface area (Å²) in [6, 6.07) is 30.5. The number of nitrogens with two attached hydrogens (primary N) is 1. The van der Waals surface area contributed by atoms with Gasteiger partial charge in [0.05, 0.1) is 11.5 Å². The first kappa shape index (κ1) is 18.1. The molecule has 0 saturated carbocycles. The fraction of sp³-hybridized carbons (Fsp3) is 0.167. The van der Waals surface area contributed by atoms with Gasteiger partial charge < -0.3 is 10.2 Å².